The monoisotopic (exact) mass is 337 g/mol. The summed E-state index contributed by atoms with van der Waals surface area (Å²) < 4.78 is 5.61. The summed E-state index contributed by atoms with van der Waals surface area (Å²) in [5.74, 6) is 0.132. The van der Waals surface area contributed by atoms with E-state index in [1.807, 2.05) is 18.2 Å². The molecular weight excluding hydrogens is 330 g/mol. The molecule has 1 fully saturated rings. The van der Waals surface area contributed by atoms with Gasteiger partial charge in [0.15, 0.2) is 5.09 Å². The van der Waals surface area contributed by atoms with Crippen molar-refractivity contribution < 1.29 is 14.0 Å². The lowest BCUT2D eigenvalue weighted by atomic mass is 10.4. The third-order valence-corrected chi connectivity index (χ3v) is 4.54. The van der Waals surface area contributed by atoms with Crippen molar-refractivity contribution in [3.63, 3.8) is 0 Å². The van der Waals surface area contributed by atoms with E-state index >= 15 is 0 Å². The van der Waals surface area contributed by atoms with Crippen molar-refractivity contribution in [1.82, 2.24) is 5.32 Å². The van der Waals surface area contributed by atoms with E-state index in [9.17, 15) is 9.59 Å². The van der Waals surface area contributed by atoms with Crippen LogP contribution in [0.3, 0.4) is 0 Å². The number of rotatable bonds is 3. The molecule has 2 amide bonds. The number of halogens is 1. The average Bonchev–Trinajstić information content (AvgIpc) is 3.00. The van der Waals surface area contributed by atoms with Crippen molar-refractivity contribution in [2.24, 2.45) is 0 Å². The molecule has 1 aromatic carbocycles. The number of hydrogen-bond acceptors (Lipinski definition) is 5. The molecule has 1 aromatic heterocycles. The number of imide groups is 1. The van der Waals surface area contributed by atoms with Crippen molar-refractivity contribution in [3.8, 4) is 0 Å². The van der Waals surface area contributed by atoms with Gasteiger partial charge in [0.2, 0.25) is 0 Å². The van der Waals surface area contributed by atoms with Crippen molar-refractivity contribution in [2.75, 3.05) is 0 Å². The van der Waals surface area contributed by atoms with Gasteiger partial charge >= 0.3 is 0 Å². The van der Waals surface area contributed by atoms with Gasteiger partial charge in [-0.15, -0.1) is 0 Å². The van der Waals surface area contributed by atoms with Gasteiger partial charge in [0.25, 0.3) is 11.1 Å². The van der Waals surface area contributed by atoms with Crippen LogP contribution in [0.4, 0.5) is 4.79 Å². The van der Waals surface area contributed by atoms with E-state index in [1.165, 1.54) is 11.8 Å². The molecule has 2 aromatic rings. The Balaban J connectivity index is 1.74. The van der Waals surface area contributed by atoms with E-state index in [0.717, 1.165) is 16.7 Å². The van der Waals surface area contributed by atoms with Crippen LogP contribution in [-0.2, 0) is 4.79 Å². The summed E-state index contributed by atoms with van der Waals surface area (Å²) in [6.45, 7) is 0. The van der Waals surface area contributed by atoms with E-state index in [2.05, 4.69) is 5.32 Å². The number of carbonyl (C=O) groups excluding carboxylic acids is 2. The Labute approximate surface area is 133 Å². The molecule has 0 atom stereocenters. The molecule has 0 unspecified atom stereocenters. The Morgan fingerprint density at radius 3 is 2.57 bits per heavy atom. The average molecular weight is 338 g/mol. The Kier molecular flexibility index (Phi) is 4.10. The number of benzene rings is 1. The number of amides is 2. The predicted octanol–water partition coefficient (Wildman–Crippen LogP) is 4.41. The van der Waals surface area contributed by atoms with Gasteiger partial charge < -0.3 is 4.42 Å². The summed E-state index contributed by atoms with van der Waals surface area (Å²) in [5.41, 5.74) is 0. The summed E-state index contributed by atoms with van der Waals surface area (Å²) in [4.78, 5) is 23.8. The summed E-state index contributed by atoms with van der Waals surface area (Å²) in [5, 5.41) is 3.20. The van der Waals surface area contributed by atoms with Crippen LogP contribution >= 0.6 is 35.1 Å². The van der Waals surface area contributed by atoms with E-state index in [1.54, 1.807) is 24.3 Å². The highest BCUT2D eigenvalue weighted by Gasteiger charge is 2.25. The normalized spacial score (nSPS) is 16.5. The third kappa shape index (κ3) is 3.53. The molecule has 4 nitrogen and oxygen atoms in total. The van der Waals surface area contributed by atoms with Crippen LogP contribution in [-0.4, -0.2) is 11.1 Å². The molecule has 1 saturated heterocycles. The fourth-order valence-corrected chi connectivity index (χ4v) is 3.20. The van der Waals surface area contributed by atoms with E-state index in [-0.39, 0.29) is 5.24 Å². The van der Waals surface area contributed by atoms with Crippen LogP contribution in [0.1, 0.15) is 5.76 Å². The largest absolute Gasteiger partial charge is 0.450 e. The van der Waals surface area contributed by atoms with Crippen molar-refractivity contribution in [2.45, 2.75) is 9.99 Å². The topological polar surface area (TPSA) is 59.3 Å². The predicted molar refractivity (Wildman–Crippen MR) is 83.4 cm³/mol. The first-order chi connectivity index (χ1) is 10.1. The Bertz CT molecular complexity index is 737. The Hall–Kier alpha value is -1.63. The lowest BCUT2D eigenvalue weighted by Gasteiger charge is -1.97. The SMILES string of the molecule is O=C1NC(=O)/C(=C/c2ccc(Sc3ccc(Cl)cc3)o2)S1. The fourth-order valence-electron chi connectivity index (χ4n) is 1.64. The standard InChI is InChI=1S/C14H8ClNO3S2/c15-8-1-4-10(5-2-8)20-12-6-3-9(19-12)7-11-13(17)16-14(18)21-11/h1-7H,(H,16,17,18)/b11-7-. The molecule has 0 saturated carbocycles. The maximum absolute atomic E-state index is 11.4. The molecule has 106 valence electrons. The quantitative estimate of drug-likeness (QED) is 0.841. The highest BCUT2D eigenvalue weighted by atomic mass is 35.5. The van der Waals surface area contributed by atoms with E-state index in [0.29, 0.717) is 20.8 Å². The molecule has 0 bridgehead atoms. The first kappa shape index (κ1) is 14.3. The van der Waals surface area contributed by atoms with Crippen molar-refractivity contribution >= 4 is 52.3 Å². The number of nitrogens with one attached hydrogen (secondary N) is 1. The molecule has 3 rings (SSSR count). The molecule has 1 aliphatic rings. The molecule has 1 aliphatic heterocycles. The number of carbonyl (C=O) groups is 2. The summed E-state index contributed by atoms with van der Waals surface area (Å²) in [6, 6.07) is 11.0. The smallest absolute Gasteiger partial charge is 0.290 e. The van der Waals surface area contributed by atoms with Crippen LogP contribution in [0.15, 0.2) is 55.7 Å². The van der Waals surface area contributed by atoms with Crippen LogP contribution in [0, 0.1) is 0 Å². The van der Waals surface area contributed by atoms with Gasteiger partial charge in [-0.1, -0.05) is 23.4 Å². The molecule has 0 aliphatic carbocycles. The van der Waals surface area contributed by atoms with Gasteiger partial charge in [0.05, 0.1) is 4.91 Å². The first-order valence-electron chi connectivity index (χ1n) is 5.88. The molecule has 0 radical (unpaired) electrons. The minimum absolute atomic E-state index is 0.331. The van der Waals surface area contributed by atoms with Crippen LogP contribution in [0.5, 0.6) is 0 Å². The minimum atomic E-state index is -0.395. The van der Waals surface area contributed by atoms with Gasteiger partial charge in [-0.3, -0.25) is 14.9 Å². The highest BCUT2D eigenvalue weighted by Crippen LogP contribution is 2.32. The second-order valence-electron chi connectivity index (χ2n) is 4.07. The zero-order valence-corrected chi connectivity index (χ0v) is 12.8. The van der Waals surface area contributed by atoms with Crippen molar-refractivity contribution in [3.05, 3.63) is 52.1 Å². The maximum atomic E-state index is 11.4. The van der Waals surface area contributed by atoms with Gasteiger partial charge in [-0.2, -0.15) is 0 Å². The van der Waals surface area contributed by atoms with Gasteiger partial charge in [0.1, 0.15) is 5.76 Å². The maximum Gasteiger partial charge on any atom is 0.290 e. The zero-order valence-electron chi connectivity index (χ0n) is 10.5. The second-order valence-corrected chi connectivity index (χ2v) is 6.59. The summed E-state index contributed by atoms with van der Waals surface area (Å²) >= 11 is 8.14. The molecule has 2 heterocycles. The van der Waals surface area contributed by atoms with Crippen LogP contribution in [0.25, 0.3) is 6.08 Å². The molecule has 21 heavy (non-hydrogen) atoms. The zero-order chi connectivity index (χ0) is 14.8. The molecule has 1 N–H and O–H groups in total. The van der Waals surface area contributed by atoms with Crippen molar-refractivity contribution in [1.29, 1.82) is 0 Å². The number of furan rings is 1. The summed E-state index contributed by atoms with van der Waals surface area (Å²) in [7, 11) is 0. The van der Waals surface area contributed by atoms with Crippen LogP contribution in [0.2, 0.25) is 5.02 Å². The minimum Gasteiger partial charge on any atom is -0.450 e. The number of thioether (sulfide) groups is 1. The Morgan fingerprint density at radius 2 is 1.90 bits per heavy atom. The first-order valence-corrected chi connectivity index (χ1v) is 7.89. The summed E-state index contributed by atoms with van der Waals surface area (Å²) in [6.07, 6.45) is 1.55. The molecule has 0 spiro atoms. The molecule has 7 heteroatoms. The second kappa shape index (κ2) is 6.01. The lowest BCUT2D eigenvalue weighted by molar-refractivity contribution is -0.115. The van der Waals surface area contributed by atoms with E-state index in [4.69, 9.17) is 16.0 Å². The Morgan fingerprint density at radius 1 is 1.14 bits per heavy atom. The fraction of sp³-hybridized carbons (Fsp3) is 0. The molecular formula is C14H8ClNO3S2. The highest BCUT2D eigenvalue weighted by molar-refractivity contribution is 8.18. The number of hydrogen-bond donors (Lipinski definition) is 1. The van der Waals surface area contributed by atoms with Gasteiger partial charge in [0, 0.05) is 16.0 Å². The lowest BCUT2D eigenvalue weighted by Crippen LogP contribution is -2.17. The van der Waals surface area contributed by atoms with Gasteiger partial charge in [-0.25, -0.2) is 0 Å². The third-order valence-electron chi connectivity index (χ3n) is 2.55. The van der Waals surface area contributed by atoms with Gasteiger partial charge in [-0.05, 0) is 48.2 Å². The van der Waals surface area contributed by atoms with Crippen LogP contribution < -0.4 is 5.32 Å². The van der Waals surface area contributed by atoms with E-state index < -0.39 is 5.91 Å².